The van der Waals surface area contributed by atoms with Crippen LogP contribution in [0.15, 0.2) is 37.6 Å². The van der Waals surface area contributed by atoms with E-state index in [1.54, 1.807) is 23.5 Å². The van der Waals surface area contributed by atoms with Gasteiger partial charge < -0.3 is 9.80 Å². The van der Waals surface area contributed by atoms with Gasteiger partial charge in [0.2, 0.25) is 0 Å². The Morgan fingerprint density at radius 3 is 2.35 bits per heavy atom. The van der Waals surface area contributed by atoms with E-state index in [4.69, 9.17) is 4.98 Å². The van der Waals surface area contributed by atoms with Crippen LogP contribution in [0.4, 0.5) is 11.6 Å². The monoisotopic (exact) mass is 349 g/mol. The van der Waals surface area contributed by atoms with Gasteiger partial charge in [0.1, 0.15) is 30.6 Å². The number of aromatic nitrogens is 7. The van der Waals surface area contributed by atoms with Crippen LogP contribution in [0.25, 0.3) is 5.82 Å². The summed E-state index contributed by atoms with van der Waals surface area (Å²) in [4.78, 5) is 26.3. The number of hydrogen-bond donors (Lipinski definition) is 0. The van der Waals surface area contributed by atoms with Crippen molar-refractivity contribution in [2.24, 2.45) is 11.8 Å². The zero-order valence-corrected chi connectivity index (χ0v) is 14.5. The van der Waals surface area contributed by atoms with E-state index in [9.17, 15) is 0 Å². The highest BCUT2D eigenvalue weighted by molar-refractivity contribution is 5.48. The second-order valence-corrected chi connectivity index (χ2v) is 6.94. The van der Waals surface area contributed by atoms with E-state index in [-0.39, 0.29) is 0 Å². The van der Waals surface area contributed by atoms with E-state index >= 15 is 0 Å². The number of nitrogens with zero attached hydrogens (tertiary/aromatic N) is 9. The van der Waals surface area contributed by atoms with Crippen LogP contribution < -0.4 is 9.80 Å². The van der Waals surface area contributed by atoms with E-state index in [2.05, 4.69) is 41.8 Å². The summed E-state index contributed by atoms with van der Waals surface area (Å²) < 4.78 is 1.63. The van der Waals surface area contributed by atoms with Crippen molar-refractivity contribution in [3.05, 3.63) is 43.1 Å². The molecule has 0 amide bonds. The summed E-state index contributed by atoms with van der Waals surface area (Å²) in [6.07, 6.45) is 10.2. The third kappa shape index (κ3) is 2.56. The van der Waals surface area contributed by atoms with E-state index < -0.39 is 0 Å². The van der Waals surface area contributed by atoms with Crippen molar-refractivity contribution in [3.63, 3.8) is 0 Å². The average Bonchev–Trinajstić information content (AvgIpc) is 3.38. The summed E-state index contributed by atoms with van der Waals surface area (Å²) in [7, 11) is 0. The molecule has 0 aliphatic carbocycles. The Balaban J connectivity index is 1.31. The zero-order valence-electron chi connectivity index (χ0n) is 14.5. The van der Waals surface area contributed by atoms with Crippen molar-refractivity contribution in [1.29, 1.82) is 0 Å². The van der Waals surface area contributed by atoms with Gasteiger partial charge >= 0.3 is 0 Å². The van der Waals surface area contributed by atoms with E-state index in [1.807, 2.05) is 12.4 Å². The summed E-state index contributed by atoms with van der Waals surface area (Å²) >= 11 is 0. The highest BCUT2D eigenvalue weighted by atomic mass is 15.4. The molecule has 26 heavy (non-hydrogen) atoms. The van der Waals surface area contributed by atoms with Crippen LogP contribution in [0.3, 0.4) is 0 Å². The molecule has 3 aromatic heterocycles. The Bertz CT molecular complexity index is 896. The SMILES string of the molecule is Cc1cncnc1N1CC2CN(c3cncc(-n4cncn4)n3)CC2C1. The molecule has 0 aromatic carbocycles. The van der Waals surface area contributed by atoms with Crippen LogP contribution in [0.2, 0.25) is 0 Å². The lowest BCUT2D eigenvalue weighted by atomic mass is 10.0. The van der Waals surface area contributed by atoms with Crippen molar-refractivity contribution in [2.75, 3.05) is 36.0 Å². The lowest BCUT2D eigenvalue weighted by molar-refractivity contribution is 0.533. The van der Waals surface area contributed by atoms with Gasteiger partial charge in [-0.25, -0.2) is 24.6 Å². The highest BCUT2D eigenvalue weighted by Crippen LogP contribution is 2.35. The molecule has 2 aliphatic rings. The van der Waals surface area contributed by atoms with Crippen molar-refractivity contribution < 1.29 is 0 Å². The second kappa shape index (κ2) is 6.01. The Kier molecular flexibility index (Phi) is 3.51. The minimum atomic E-state index is 0.612. The normalized spacial score (nSPS) is 22.0. The van der Waals surface area contributed by atoms with Crippen LogP contribution in [-0.2, 0) is 0 Å². The molecule has 2 saturated heterocycles. The number of rotatable bonds is 3. The van der Waals surface area contributed by atoms with Gasteiger partial charge in [-0.15, -0.1) is 0 Å². The molecule has 2 fully saturated rings. The van der Waals surface area contributed by atoms with Gasteiger partial charge in [0.05, 0.1) is 12.4 Å². The molecular weight excluding hydrogens is 330 g/mol. The standard InChI is InChI=1S/C17H19N9/c1-12-2-19-9-21-17(12)25-7-13-5-24(6-14(13)8-25)15-3-18-4-16(23-15)26-11-20-10-22-26/h2-4,9-11,13-14H,5-8H2,1H3. The lowest BCUT2D eigenvalue weighted by Crippen LogP contribution is -2.30. The predicted octanol–water partition coefficient (Wildman–Crippen LogP) is 0.728. The summed E-state index contributed by atoms with van der Waals surface area (Å²) in [5.74, 6) is 3.88. The maximum Gasteiger partial charge on any atom is 0.175 e. The first-order valence-electron chi connectivity index (χ1n) is 8.71. The van der Waals surface area contributed by atoms with E-state index in [0.717, 1.165) is 43.4 Å². The van der Waals surface area contributed by atoms with Gasteiger partial charge in [-0.05, 0) is 6.92 Å². The molecule has 9 heteroatoms. The molecule has 0 spiro atoms. The molecule has 9 nitrogen and oxygen atoms in total. The van der Waals surface area contributed by atoms with Crippen molar-refractivity contribution in [1.82, 2.24) is 34.7 Å². The number of fused-ring (bicyclic) bond motifs is 1. The first kappa shape index (κ1) is 15.2. The molecule has 0 N–H and O–H groups in total. The van der Waals surface area contributed by atoms with Crippen LogP contribution >= 0.6 is 0 Å². The van der Waals surface area contributed by atoms with Crippen LogP contribution in [0, 0.1) is 18.8 Å². The van der Waals surface area contributed by atoms with Crippen molar-refractivity contribution in [2.45, 2.75) is 6.92 Å². The lowest BCUT2D eigenvalue weighted by Gasteiger charge is -2.23. The molecular formula is C17H19N9. The number of hydrogen-bond acceptors (Lipinski definition) is 8. The maximum absolute atomic E-state index is 4.71. The Labute approximate surface area is 150 Å². The van der Waals surface area contributed by atoms with Crippen molar-refractivity contribution >= 4 is 11.6 Å². The summed E-state index contributed by atoms with van der Waals surface area (Å²) in [6.45, 7) is 6.09. The molecule has 2 unspecified atom stereocenters. The number of anilines is 2. The fourth-order valence-electron chi connectivity index (χ4n) is 4.01. The van der Waals surface area contributed by atoms with Gasteiger partial charge in [-0.1, -0.05) is 0 Å². The molecule has 0 radical (unpaired) electrons. The average molecular weight is 349 g/mol. The van der Waals surface area contributed by atoms with Crippen LogP contribution in [0.1, 0.15) is 5.56 Å². The third-order valence-corrected chi connectivity index (χ3v) is 5.24. The molecule has 132 valence electrons. The first-order valence-corrected chi connectivity index (χ1v) is 8.71. The highest BCUT2D eigenvalue weighted by Gasteiger charge is 2.41. The molecule has 0 saturated carbocycles. The van der Waals surface area contributed by atoms with E-state index in [1.165, 1.54) is 6.33 Å². The molecule has 5 heterocycles. The Morgan fingerprint density at radius 1 is 0.846 bits per heavy atom. The quantitative estimate of drug-likeness (QED) is 0.684. The smallest absolute Gasteiger partial charge is 0.175 e. The largest absolute Gasteiger partial charge is 0.356 e. The fraction of sp³-hybridized carbons (Fsp3) is 0.412. The molecule has 5 rings (SSSR count). The van der Waals surface area contributed by atoms with Crippen LogP contribution in [0.5, 0.6) is 0 Å². The number of aryl methyl sites for hydroxylation is 1. The Morgan fingerprint density at radius 2 is 1.62 bits per heavy atom. The van der Waals surface area contributed by atoms with Gasteiger partial charge in [-0.2, -0.15) is 5.10 Å². The minimum absolute atomic E-state index is 0.612. The van der Waals surface area contributed by atoms with Gasteiger partial charge in [-0.3, -0.25) is 4.98 Å². The molecule has 2 aliphatic heterocycles. The topological polar surface area (TPSA) is 88.8 Å². The second-order valence-electron chi connectivity index (χ2n) is 6.94. The van der Waals surface area contributed by atoms with Gasteiger partial charge in [0.25, 0.3) is 0 Å². The van der Waals surface area contributed by atoms with E-state index in [0.29, 0.717) is 17.7 Å². The third-order valence-electron chi connectivity index (χ3n) is 5.24. The van der Waals surface area contributed by atoms with Crippen molar-refractivity contribution in [3.8, 4) is 5.82 Å². The van der Waals surface area contributed by atoms with Gasteiger partial charge in [0.15, 0.2) is 5.82 Å². The van der Waals surface area contributed by atoms with Crippen LogP contribution in [-0.4, -0.2) is 60.9 Å². The minimum Gasteiger partial charge on any atom is -0.356 e. The molecule has 0 bridgehead atoms. The molecule has 3 aromatic rings. The summed E-state index contributed by atoms with van der Waals surface area (Å²) in [5, 5.41) is 4.13. The first-order chi connectivity index (χ1) is 12.8. The van der Waals surface area contributed by atoms with Gasteiger partial charge in [0, 0.05) is 49.8 Å². The fourth-order valence-corrected chi connectivity index (χ4v) is 4.01. The summed E-state index contributed by atoms with van der Waals surface area (Å²) in [5.41, 5.74) is 1.13. The zero-order chi connectivity index (χ0) is 17.5. The maximum atomic E-state index is 4.71. The Hall–Kier alpha value is -3.10. The summed E-state index contributed by atoms with van der Waals surface area (Å²) in [6, 6.07) is 0. The predicted molar refractivity (Wildman–Crippen MR) is 95.1 cm³/mol. The molecule has 2 atom stereocenters.